The molecule has 17 heavy (non-hydrogen) atoms. The van der Waals surface area contributed by atoms with Gasteiger partial charge in [-0.15, -0.1) is 0 Å². The lowest BCUT2D eigenvalue weighted by Crippen LogP contribution is -2.39. The Morgan fingerprint density at radius 2 is 2.00 bits per heavy atom. The second kappa shape index (κ2) is 6.62. The van der Waals surface area contributed by atoms with E-state index in [4.69, 9.17) is 5.73 Å². The highest BCUT2D eigenvalue weighted by atomic mass is 15.2. The summed E-state index contributed by atoms with van der Waals surface area (Å²) in [4.78, 5) is 4.70. The lowest BCUT2D eigenvalue weighted by Gasteiger charge is -2.30. The van der Waals surface area contributed by atoms with E-state index >= 15 is 0 Å². The van der Waals surface area contributed by atoms with Crippen LogP contribution in [-0.2, 0) is 6.54 Å². The molecule has 0 aliphatic heterocycles. The fourth-order valence-electron chi connectivity index (χ4n) is 2.15. The van der Waals surface area contributed by atoms with E-state index in [1.165, 1.54) is 5.56 Å². The summed E-state index contributed by atoms with van der Waals surface area (Å²) in [7, 11) is 4.23. The van der Waals surface area contributed by atoms with Crippen molar-refractivity contribution in [3.63, 3.8) is 0 Å². The summed E-state index contributed by atoms with van der Waals surface area (Å²) in [6, 6.07) is 8.71. The van der Waals surface area contributed by atoms with Gasteiger partial charge in [0.15, 0.2) is 0 Å². The molecule has 1 atom stereocenters. The van der Waals surface area contributed by atoms with E-state index in [-0.39, 0.29) is 0 Å². The van der Waals surface area contributed by atoms with Crippen LogP contribution in [0.5, 0.6) is 0 Å². The molecule has 2 N–H and O–H groups in total. The molecule has 1 rings (SSSR count). The third-order valence-electron chi connectivity index (χ3n) is 3.00. The molecule has 3 nitrogen and oxygen atoms in total. The number of nitrogen functional groups attached to an aromatic ring is 1. The number of likely N-dealkylation sites (N-methyl/N-ethyl adjacent to an activating group) is 2. The first-order valence-electron chi connectivity index (χ1n) is 6.26. The van der Waals surface area contributed by atoms with Gasteiger partial charge in [-0.25, -0.2) is 0 Å². The smallest absolute Gasteiger partial charge is 0.0317 e. The zero-order valence-corrected chi connectivity index (χ0v) is 11.5. The second-order valence-corrected chi connectivity index (χ2v) is 4.92. The van der Waals surface area contributed by atoms with Crippen LogP contribution in [-0.4, -0.2) is 43.0 Å². The standard InChI is InChI=1S/C14H25N3/c1-5-17(12(2)10-16(3)4)11-13-7-6-8-14(15)9-13/h6-9,12H,5,10-11,15H2,1-4H3. The van der Waals surface area contributed by atoms with Crippen LogP contribution in [0.3, 0.4) is 0 Å². The molecule has 0 aliphatic carbocycles. The number of benzene rings is 1. The maximum Gasteiger partial charge on any atom is 0.0317 e. The van der Waals surface area contributed by atoms with Crippen molar-refractivity contribution >= 4 is 5.69 Å². The van der Waals surface area contributed by atoms with Gasteiger partial charge in [-0.1, -0.05) is 19.1 Å². The van der Waals surface area contributed by atoms with Crippen LogP contribution in [0, 0.1) is 0 Å². The lowest BCUT2D eigenvalue weighted by molar-refractivity contribution is 0.174. The first-order valence-corrected chi connectivity index (χ1v) is 6.26. The molecule has 0 saturated carbocycles. The second-order valence-electron chi connectivity index (χ2n) is 4.92. The average molecular weight is 235 g/mol. The maximum atomic E-state index is 5.81. The average Bonchev–Trinajstić information content (AvgIpc) is 2.24. The van der Waals surface area contributed by atoms with E-state index in [1.54, 1.807) is 0 Å². The van der Waals surface area contributed by atoms with Gasteiger partial charge in [-0.2, -0.15) is 0 Å². The molecule has 0 amide bonds. The number of hydrogen-bond acceptors (Lipinski definition) is 3. The number of nitrogens with two attached hydrogens (primary N) is 1. The fourth-order valence-corrected chi connectivity index (χ4v) is 2.15. The highest BCUT2D eigenvalue weighted by molar-refractivity contribution is 5.40. The van der Waals surface area contributed by atoms with Crippen LogP contribution in [0.1, 0.15) is 19.4 Å². The Bertz CT molecular complexity index is 336. The molecule has 0 bridgehead atoms. The third kappa shape index (κ3) is 4.75. The van der Waals surface area contributed by atoms with Gasteiger partial charge in [0, 0.05) is 24.8 Å². The van der Waals surface area contributed by atoms with Crippen LogP contribution in [0.2, 0.25) is 0 Å². The van der Waals surface area contributed by atoms with Crippen molar-refractivity contribution < 1.29 is 0 Å². The molecule has 0 fully saturated rings. The van der Waals surface area contributed by atoms with Crippen LogP contribution in [0.25, 0.3) is 0 Å². The molecule has 1 aromatic rings. The Labute approximate surface area is 105 Å². The number of nitrogens with zero attached hydrogens (tertiary/aromatic N) is 2. The van der Waals surface area contributed by atoms with E-state index < -0.39 is 0 Å². The van der Waals surface area contributed by atoms with Crippen LogP contribution in [0.15, 0.2) is 24.3 Å². The van der Waals surface area contributed by atoms with E-state index in [1.807, 2.05) is 12.1 Å². The summed E-state index contributed by atoms with van der Waals surface area (Å²) in [5.74, 6) is 0. The first kappa shape index (κ1) is 14.0. The van der Waals surface area contributed by atoms with Gasteiger partial charge >= 0.3 is 0 Å². The monoisotopic (exact) mass is 235 g/mol. The van der Waals surface area contributed by atoms with Crippen molar-refractivity contribution in [3.05, 3.63) is 29.8 Å². The van der Waals surface area contributed by atoms with Crippen LogP contribution >= 0.6 is 0 Å². The SMILES string of the molecule is CCN(Cc1cccc(N)c1)C(C)CN(C)C. The highest BCUT2D eigenvalue weighted by Crippen LogP contribution is 2.11. The predicted molar refractivity (Wildman–Crippen MR) is 75.0 cm³/mol. The first-order chi connectivity index (χ1) is 8.02. The molecule has 0 heterocycles. The van der Waals surface area contributed by atoms with Crippen LogP contribution in [0.4, 0.5) is 5.69 Å². The van der Waals surface area contributed by atoms with E-state index in [2.05, 4.69) is 49.9 Å². The van der Waals surface area contributed by atoms with Crippen molar-refractivity contribution in [2.45, 2.75) is 26.4 Å². The van der Waals surface area contributed by atoms with Gasteiger partial charge in [-0.05, 0) is 45.3 Å². The van der Waals surface area contributed by atoms with E-state index in [0.717, 1.165) is 25.3 Å². The van der Waals surface area contributed by atoms with Gasteiger partial charge in [0.05, 0.1) is 0 Å². The quantitative estimate of drug-likeness (QED) is 0.766. The molecule has 0 spiro atoms. The Morgan fingerprint density at radius 3 is 2.53 bits per heavy atom. The van der Waals surface area contributed by atoms with E-state index in [0.29, 0.717) is 6.04 Å². The molecular formula is C14H25N3. The van der Waals surface area contributed by atoms with Gasteiger partial charge in [0.25, 0.3) is 0 Å². The molecule has 0 aliphatic rings. The lowest BCUT2D eigenvalue weighted by atomic mass is 10.1. The summed E-state index contributed by atoms with van der Waals surface area (Å²) in [5, 5.41) is 0. The van der Waals surface area contributed by atoms with Gasteiger partial charge in [0.2, 0.25) is 0 Å². The van der Waals surface area contributed by atoms with Gasteiger partial charge in [-0.3, -0.25) is 4.90 Å². The number of rotatable bonds is 6. The van der Waals surface area contributed by atoms with Crippen LogP contribution < -0.4 is 5.73 Å². The summed E-state index contributed by atoms with van der Waals surface area (Å²) >= 11 is 0. The molecule has 96 valence electrons. The topological polar surface area (TPSA) is 32.5 Å². The van der Waals surface area contributed by atoms with Crippen molar-refractivity contribution in [2.75, 3.05) is 32.9 Å². The number of anilines is 1. The maximum absolute atomic E-state index is 5.81. The molecule has 3 heteroatoms. The Morgan fingerprint density at radius 1 is 1.29 bits per heavy atom. The Kier molecular flexibility index (Phi) is 5.45. The minimum Gasteiger partial charge on any atom is -0.399 e. The predicted octanol–water partition coefficient (Wildman–Crippen LogP) is 2.04. The van der Waals surface area contributed by atoms with E-state index in [9.17, 15) is 0 Å². The summed E-state index contributed by atoms with van der Waals surface area (Å²) in [6.07, 6.45) is 0. The summed E-state index contributed by atoms with van der Waals surface area (Å²) in [6.45, 7) is 7.59. The molecule has 0 aromatic heterocycles. The van der Waals surface area contributed by atoms with Gasteiger partial charge in [0.1, 0.15) is 0 Å². The molecule has 1 aromatic carbocycles. The highest BCUT2D eigenvalue weighted by Gasteiger charge is 2.13. The fraction of sp³-hybridized carbons (Fsp3) is 0.571. The summed E-state index contributed by atoms with van der Waals surface area (Å²) < 4.78 is 0. The molecular weight excluding hydrogens is 210 g/mol. The summed E-state index contributed by atoms with van der Waals surface area (Å²) in [5.41, 5.74) is 7.94. The Hall–Kier alpha value is -1.06. The van der Waals surface area contributed by atoms with Crippen molar-refractivity contribution in [3.8, 4) is 0 Å². The zero-order chi connectivity index (χ0) is 12.8. The molecule has 1 unspecified atom stereocenters. The minimum atomic E-state index is 0.552. The number of hydrogen-bond donors (Lipinski definition) is 1. The normalized spacial score (nSPS) is 13.3. The van der Waals surface area contributed by atoms with Crippen molar-refractivity contribution in [1.82, 2.24) is 9.80 Å². The Balaban J connectivity index is 2.63. The third-order valence-corrected chi connectivity index (χ3v) is 3.00. The molecule has 0 radical (unpaired) electrons. The van der Waals surface area contributed by atoms with Crippen molar-refractivity contribution in [1.29, 1.82) is 0 Å². The van der Waals surface area contributed by atoms with Crippen molar-refractivity contribution in [2.24, 2.45) is 0 Å². The molecule has 0 saturated heterocycles. The zero-order valence-electron chi connectivity index (χ0n) is 11.5. The largest absolute Gasteiger partial charge is 0.399 e. The van der Waals surface area contributed by atoms with Gasteiger partial charge < -0.3 is 10.6 Å². The minimum absolute atomic E-state index is 0.552.